The van der Waals surface area contributed by atoms with Gasteiger partial charge < -0.3 is 4.90 Å². The summed E-state index contributed by atoms with van der Waals surface area (Å²) < 4.78 is 0. The van der Waals surface area contributed by atoms with E-state index in [2.05, 4.69) is 22.1 Å². The van der Waals surface area contributed by atoms with Crippen molar-refractivity contribution < 1.29 is 0 Å². The van der Waals surface area contributed by atoms with Gasteiger partial charge in [-0.1, -0.05) is 30.3 Å². The van der Waals surface area contributed by atoms with Crippen LogP contribution < -0.4 is 0 Å². The van der Waals surface area contributed by atoms with E-state index in [4.69, 9.17) is 0 Å². The van der Waals surface area contributed by atoms with Crippen LogP contribution in [0.1, 0.15) is 12.5 Å². The Labute approximate surface area is 113 Å². The second-order valence-corrected chi connectivity index (χ2v) is 4.42. The number of hydrogen-bond donors (Lipinski definition) is 0. The molecule has 98 valence electrons. The Hall–Kier alpha value is -2.23. The molecule has 0 aliphatic heterocycles. The standard InChI is InChI=1S/C15H18N4/c1-4-19(3)11-16-15-12(2)10-14(17-18-15)13-8-6-5-7-9-13/h5-11H,4H2,1-3H3. The maximum atomic E-state index is 4.34. The molecular formula is C15H18N4. The second-order valence-electron chi connectivity index (χ2n) is 4.42. The van der Waals surface area contributed by atoms with Crippen LogP contribution in [0.4, 0.5) is 5.82 Å². The first kappa shape index (κ1) is 13.2. The highest BCUT2D eigenvalue weighted by atomic mass is 15.2. The van der Waals surface area contributed by atoms with Gasteiger partial charge >= 0.3 is 0 Å². The van der Waals surface area contributed by atoms with Gasteiger partial charge in [-0.05, 0) is 25.5 Å². The molecule has 2 rings (SSSR count). The van der Waals surface area contributed by atoms with Crippen molar-refractivity contribution >= 4 is 12.2 Å². The predicted molar refractivity (Wildman–Crippen MR) is 78.7 cm³/mol. The quantitative estimate of drug-likeness (QED) is 0.622. The topological polar surface area (TPSA) is 41.4 Å². The summed E-state index contributed by atoms with van der Waals surface area (Å²) in [6.45, 7) is 4.99. The highest BCUT2D eigenvalue weighted by Gasteiger charge is 2.04. The zero-order chi connectivity index (χ0) is 13.7. The highest BCUT2D eigenvalue weighted by molar-refractivity contribution is 5.64. The summed E-state index contributed by atoms with van der Waals surface area (Å²) in [5, 5.41) is 8.42. The molecule has 0 saturated heterocycles. The van der Waals surface area contributed by atoms with Crippen LogP contribution in [0.15, 0.2) is 41.4 Å². The van der Waals surface area contributed by atoms with Crippen LogP contribution in [0, 0.1) is 6.92 Å². The van der Waals surface area contributed by atoms with Gasteiger partial charge in [0, 0.05) is 19.2 Å². The maximum absolute atomic E-state index is 4.34. The molecule has 0 aliphatic rings. The Morgan fingerprint density at radius 2 is 1.95 bits per heavy atom. The first-order valence-electron chi connectivity index (χ1n) is 6.35. The van der Waals surface area contributed by atoms with E-state index in [1.54, 1.807) is 6.34 Å². The van der Waals surface area contributed by atoms with Gasteiger partial charge in [0.2, 0.25) is 0 Å². The predicted octanol–water partition coefficient (Wildman–Crippen LogP) is 3.06. The molecular weight excluding hydrogens is 236 g/mol. The number of aryl methyl sites for hydroxylation is 1. The van der Waals surface area contributed by atoms with Crippen molar-refractivity contribution in [3.8, 4) is 11.3 Å². The lowest BCUT2D eigenvalue weighted by Gasteiger charge is -2.08. The smallest absolute Gasteiger partial charge is 0.178 e. The number of aromatic nitrogens is 2. The molecule has 4 nitrogen and oxygen atoms in total. The highest BCUT2D eigenvalue weighted by Crippen LogP contribution is 2.21. The van der Waals surface area contributed by atoms with Gasteiger partial charge in [-0.25, -0.2) is 4.99 Å². The van der Waals surface area contributed by atoms with Crippen molar-refractivity contribution in [3.63, 3.8) is 0 Å². The molecule has 1 aromatic carbocycles. The van der Waals surface area contributed by atoms with E-state index >= 15 is 0 Å². The van der Waals surface area contributed by atoms with Gasteiger partial charge in [-0.15, -0.1) is 10.2 Å². The average Bonchev–Trinajstić information content (AvgIpc) is 2.46. The van der Waals surface area contributed by atoms with Crippen molar-refractivity contribution in [1.29, 1.82) is 0 Å². The van der Waals surface area contributed by atoms with E-state index in [1.165, 1.54) is 0 Å². The zero-order valence-corrected chi connectivity index (χ0v) is 11.5. The lowest BCUT2D eigenvalue weighted by Crippen LogP contribution is -2.14. The Kier molecular flexibility index (Phi) is 4.23. The Bertz CT molecular complexity index is 564. The third-order valence-corrected chi connectivity index (χ3v) is 2.90. The van der Waals surface area contributed by atoms with Crippen molar-refractivity contribution in [2.24, 2.45) is 4.99 Å². The molecule has 0 aliphatic carbocycles. The number of hydrogen-bond acceptors (Lipinski definition) is 3. The van der Waals surface area contributed by atoms with E-state index in [9.17, 15) is 0 Å². The monoisotopic (exact) mass is 254 g/mol. The Morgan fingerprint density at radius 3 is 2.58 bits per heavy atom. The molecule has 0 radical (unpaired) electrons. The fourth-order valence-corrected chi connectivity index (χ4v) is 1.59. The molecule has 19 heavy (non-hydrogen) atoms. The van der Waals surface area contributed by atoms with Gasteiger partial charge in [0.1, 0.15) is 0 Å². The van der Waals surface area contributed by atoms with Crippen molar-refractivity contribution in [1.82, 2.24) is 15.1 Å². The zero-order valence-electron chi connectivity index (χ0n) is 11.5. The third kappa shape index (κ3) is 3.37. The summed E-state index contributed by atoms with van der Waals surface area (Å²) >= 11 is 0. The van der Waals surface area contributed by atoms with Crippen molar-refractivity contribution in [2.45, 2.75) is 13.8 Å². The lowest BCUT2D eigenvalue weighted by molar-refractivity contribution is 0.551. The van der Waals surface area contributed by atoms with Crippen LogP contribution in [0.5, 0.6) is 0 Å². The minimum atomic E-state index is 0.667. The van der Waals surface area contributed by atoms with Gasteiger partial charge in [-0.2, -0.15) is 0 Å². The summed E-state index contributed by atoms with van der Waals surface area (Å²) in [4.78, 5) is 6.33. The van der Waals surface area contributed by atoms with Crippen LogP contribution in [0.3, 0.4) is 0 Å². The molecule has 0 bridgehead atoms. The number of nitrogens with zero attached hydrogens (tertiary/aromatic N) is 4. The SMILES string of the molecule is CCN(C)C=Nc1nnc(-c2ccccc2)cc1C. The first-order valence-corrected chi connectivity index (χ1v) is 6.35. The van der Waals surface area contributed by atoms with Crippen LogP contribution in [-0.2, 0) is 0 Å². The summed E-state index contributed by atoms with van der Waals surface area (Å²) in [5.74, 6) is 0.667. The van der Waals surface area contributed by atoms with Gasteiger partial charge in [0.15, 0.2) is 5.82 Å². The van der Waals surface area contributed by atoms with Gasteiger partial charge in [0.05, 0.1) is 12.0 Å². The summed E-state index contributed by atoms with van der Waals surface area (Å²) in [7, 11) is 1.98. The van der Waals surface area contributed by atoms with Crippen molar-refractivity contribution in [2.75, 3.05) is 13.6 Å². The van der Waals surface area contributed by atoms with E-state index in [-0.39, 0.29) is 0 Å². The molecule has 0 unspecified atom stereocenters. The molecule has 0 saturated carbocycles. The normalized spacial score (nSPS) is 10.9. The Morgan fingerprint density at radius 1 is 1.21 bits per heavy atom. The molecule has 0 fully saturated rings. The van der Waals surface area contributed by atoms with Gasteiger partial charge in [-0.3, -0.25) is 0 Å². The van der Waals surface area contributed by atoms with Gasteiger partial charge in [0.25, 0.3) is 0 Å². The fourth-order valence-electron chi connectivity index (χ4n) is 1.59. The largest absolute Gasteiger partial charge is 0.366 e. The van der Waals surface area contributed by atoms with Crippen LogP contribution in [0.25, 0.3) is 11.3 Å². The summed E-state index contributed by atoms with van der Waals surface area (Å²) in [6, 6.07) is 12.0. The van der Waals surface area contributed by atoms with E-state index in [1.807, 2.05) is 55.3 Å². The van der Waals surface area contributed by atoms with Crippen LogP contribution in [0.2, 0.25) is 0 Å². The summed E-state index contributed by atoms with van der Waals surface area (Å²) in [6.07, 6.45) is 1.78. The minimum Gasteiger partial charge on any atom is -0.366 e. The average molecular weight is 254 g/mol. The van der Waals surface area contributed by atoms with E-state index in [0.717, 1.165) is 23.4 Å². The Balaban J connectivity index is 2.25. The second kappa shape index (κ2) is 6.09. The number of rotatable bonds is 4. The molecule has 0 spiro atoms. The van der Waals surface area contributed by atoms with Crippen molar-refractivity contribution in [3.05, 3.63) is 42.0 Å². The third-order valence-electron chi connectivity index (χ3n) is 2.90. The molecule has 2 aromatic rings. The molecule has 1 aromatic heterocycles. The van der Waals surface area contributed by atoms with E-state index in [0.29, 0.717) is 5.82 Å². The summed E-state index contributed by atoms with van der Waals surface area (Å²) in [5.41, 5.74) is 2.97. The van der Waals surface area contributed by atoms with E-state index < -0.39 is 0 Å². The molecule has 0 N–H and O–H groups in total. The van der Waals surface area contributed by atoms with Crippen LogP contribution >= 0.6 is 0 Å². The number of aliphatic imine (C=N–C) groups is 1. The maximum Gasteiger partial charge on any atom is 0.178 e. The fraction of sp³-hybridized carbons (Fsp3) is 0.267. The molecule has 0 atom stereocenters. The first-order chi connectivity index (χ1) is 9.20. The lowest BCUT2D eigenvalue weighted by atomic mass is 10.1. The number of benzene rings is 1. The minimum absolute atomic E-state index is 0.667. The molecule has 1 heterocycles. The molecule has 0 amide bonds. The molecule has 4 heteroatoms. The van der Waals surface area contributed by atoms with Crippen LogP contribution in [-0.4, -0.2) is 35.0 Å².